The summed E-state index contributed by atoms with van der Waals surface area (Å²) >= 11 is 0. The van der Waals surface area contributed by atoms with Crippen LogP contribution in [-0.4, -0.2) is 28.8 Å². The van der Waals surface area contributed by atoms with Crippen LogP contribution in [0.15, 0.2) is 78.9 Å². The number of nitrogens with one attached hydrogen (secondary N) is 1. The quantitative estimate of drug-likeness (QED) is 0.511. The fourth-order valence-electron chi connectivity index (χ4n) is 3.82. The van der Waals surface area contributed by atoms with Crippen LogP contribution in [0.4, 0.5) is 4.39 Å². The molecule has 1 unspecified atom stereocenters. The SMILES string of the molecule is Cc1cccc(CN(C(=O)Cc2ccc(F)cc2)C(Cc2ccccc2)C(=O)NC(C)C)c1. The molecule has 0 aliphatic carbocycles. The number of hydrogen-bond acceptors (Lipinski definition) is 2. The van der Waals surface area contributed by atoms with Gasteiger partial charge >= 0.3 is 0 Å². The van der Waals surface area contributed by atoms with Crippen LogP contribution in [0.2, 0.25) is 0 Å². The molecule has 0 bridgehead atoms. The lowest BCUT2D eigenvalue weighted by molar-refractivity contribution is -0.141. The van der Waals surface area contributed by atoms with Crippen molar-refractivity contribution in [1.29, 1.82) is 0 Å². The first kappa shape index (κ1) is 24.2. The first-order valence-corrected chi connectivity index (χ1v) is 11.3. The van der Waals surface area contributed by atoms with Crippen LogP contribution in [0, 0.1) is 12.7 Å². The van der Waals surface area contributed by atoms with Crippen molar-refractivity contribution in [2.75, 3.05) is 0 Å². The number of rotatable bonds is 9. The Morgan fingerprint density at radius 3 is 2.18 bits per heavy atom. The van der Waals surface area contributed by atoms with E-state index in [1.54, 1.807) is 17.0 Å². The summed E-state index contributed by atoms with van der Waals surface area (Å²) < 4.78 is 13.4. The van der Waals surface area contributed by atoms with Crippen LogP contribution in [-0.2, 0) is 29.0 Å². The minimum Gasteiger partial charge on any atom is -0.352 e. The largest absolute Gasteiger partial charge is 0.352 e. The van der Waals surface area contributed by atoms with Crippen molar-refractivity contribution >= 4 is 11.8 Å². The summed E-state index contributed by atoms with van der Waals surface area (Å²) in [7, 11) is 0. The molecule has 172 valence electrons. The molecule has 0 heterocycles. The lowest BCUT2D eigenvalue weighted by Crippen LogP contribution is -2.52. The molecule has 0 saturated carbocycles. The van der Waals surface area contributed by atoms with E-state index in [9.17, 15) is 14.0 Å². The Bertz CT molecular complexity index is 1060. The molecule has 3 aromatic rings. The molecule has 2 amide bonds. The summed E-state index contributed by atoms with van der Waals surface area (Å²) in [4.78, 5) is 28.5. The molecular weight excluding hydrogens is 415 g/mol. The molecule has 1 atom stereocenters. The summed E-state index contributed by atoms with van der Waals surface area (Å²) in [6.07, 6.45) is 0.493. The summed E-state index contributed by atoms with van der Waals surface area (Å²) in [5, 5.41) is 2.98. The monoisotopic (exact) mass is 446 g/mol. The number of hydrogen-bond donors (Lipinski definition) is 1. The van der Waals surface area contributed by atoms with Gasteiger partial charge in [0.15, 0.2) is 0 Å². The Labute approximate surface area is 195 Å². The number of nitrogens with zero attached hydrogens (tertiary/aromatic N) is 1. The van der Waals surface area contributed by atoms with E-state index >= 15 is 0 Å². The van der Waals surface area contributed by atoms with Gasteiger partial charge in [-0.1, -0.05) is 72.3 Å². The molecule has 5 heteroatoms. The van der Waals surface area contributed by atoms with E-state index in [1.165, 1.54) is 12.1 Å². The Kier molecular flexibility index (Phi) is 8.36. The summed E-state index contributed by atoms with van der Waals surface area (Å²) in [6.45, 7) is 6.12. The van der Waals surface area contributed by atoms with Gasteiger partial charge in [0, 0.05) is 19.0 Å². The van der Waals surface area contributed by atoms with E-state index in [0.717, 1.165) is 16.7 Å². The third-order valence-electron chi connectivity index (χ3n) is 5.41. The molecular formula is C28H31FN2O2. The molecule has 3 aromatic carbocycles. The first-order valence-electron chi connectivity index (χ1n) is 11.3. The van der Waals surface area contributed by atoms with Crippen LogP contribution in [0.3, 0.4) is 0 Å². The molecule has 0 spiro atoms. The Hall–Kier alpha value is -3.47. The molecule has 1 N–H and O–H groups in total. The van der Waals surface area contributed by atoms with Crippen LogP contribution in [0.5, 0.6) is 0 Å². The lowest BCUT2D eigenvalue weighted by atomic mass is 10.0. The van der Waals surface area contributed by atoms with E-state index in [2.05, 4.69) is 5.32 Å². The van der Waals surface area contributed by atoms with Crippen molar-refractivity contribution in [3.8, 4) is 0 Å². The van der Waals surface area contributed by atoms with E-state index in [1.807, 2.05) is 75.4 Å². The Balaban J connectivity index is 1.96. The Morgan fingerprint density at radius 2 is 1.55 bits per heavy atom. The second-order valence-corrected chi connectivity index (χ2v) is 8.68. The highest BCUT2D eigenvalue weighted by Crippen LogP contribution is 2.17. The number of carbonyl (C=O) groups excluding carboxylic acids is 2. The van der Waals surface area contributed by atoms with Crippen molar-refractivity contribution in [3.05, 3.63) is 107 Å². The topological polar surface area (TPSA) is 49.4 Å². The van der Waals surface area contributed by atoms with Gasteiger partial charge in [-0.3, -0.25) is 9.59 Å². The summed E-state index contributed by atoms with van der Waals surface area (Å²) in [5.74, 6) is -0.710. The van der Waals surface area contributed by atoms with Crippen molar-refractivity contribution in [2.24, 2.45) is 0 Å². The smallest absolute Gasteiger partial charge is 0.243 e. The molecule has 0 saturated heterocycles. The van der Waals surface area contributed by atoms with Gasteiger partial charge in [-0.2, -0.15) is 0 Å². The van der Waals surface area contributed by atoms with Gasteiger partial charge in [0.2, 0.25) is 11.8 Å². The maximum Gasteiger partial charge on any atom is 0.243 e. The molecule has 33 heavy (non-hydrogen) atoms. The highest BCUT2D eigenvalue weighted by Gasteiger charge is 2.30. The first-order chi connectivity index (χ1) is 15.8. The zero-order valence-corrected chi connectivity index (χ0v) is 19.4. The van der Waals surface area contributed by atoms with Gasteiger partial charge in [0.05, 0.1) is 6.42 Å². The van der Waals surface area contributed by atoms with Crippen LogP contribution in [0.25, 0.3) is 0 Å². The van der Waals surface area contributed by atoms with E-state index in [-0.39, 0.29) is 30.1 Å². The number of carbonyl (C=O) groups is 2. The number of benzene rings is 3. The van der Waals surface area contributed by atoms with Gasteiger partial charge in [-0.25, -0.2) is 4.39 Å². The molecule has 4 nitrogen and oxygen atoms in total. The van der Waals surface area contributed by atoms with E-state index < -0.39 is 6.04 Å². The average Bonchev–Trinajstić information content (AvgIpc) is 2.78. The van der Waals surface area contributed by atoms with Crippen LogP contribution in [0.1, 0.15) is 36.1 Å². The molecule has 3 rings (SSSR count). The number of aryl methyl sites for hydroxylation is 1. The minimum atomic E-state index is -0.678. The molecule has 0 radical (unpaired) electrons. The lowest BCUT2D eigenvalue weighted by Gasteiger charge is -2.32. The van der Waals surface area contributed by atoms with Gasteiger partial charge < -0.3 is 10.2 Å². The predicted octanol–water partition coefficient (Wildman–Crippen LogP) is 4.84. The van der Waals surface area contributed by atoms with Crippen LogP contribution >= 0.6 is 0 Å². The van der Waals surface area contributed by atoms with E-state index in [4.69, 9.17) is 0 Å². The molecule has 0 aromatic heterocycles. The van der Waals surface area contributed by atoms with Gasteiger partial charge in [0.1, 0.15) is 11.9 Å². The van der Waals surface area contributed by atoms with Crippen molar-refractivity contribution < 1.29 is 14.0 Å². The second-order valence-electron chi connectivity index (χ2n) is 8.68. The summed E-state index contributed by atoms with van der Waals surface area (Å²) in [5.41, 5.74) is 3.73. The van der Waals surface area contributed by atoms with Crippen molar-refractivity contribution in [3.63, 3.8) is 0 Å². The maximum absolute atomic E-state index is 13.6. The minimum absolute atomic E-state index is 0.0520. The maximum atomic E-state index is 13.6. The van der Waals surface area contributed by atoms with Gasteiger partial charge in [-0.15, -0.1) is 0 Å². The zero-order valence-electron chi connectivity index (χ0n) is 19.4. The van der Waals surface area contributed by atoms with Crippen molar-refractivity contribution in [2.45, 2.75) is 52.2 Å². The average molecular weight is 447 g/mol. The summed E-state index contributed by atoms with van der Waals surface area (Å²) in [6, 6.07) is 22.8. The number of halogens is 1. The van der Waals surface area contributed by atoms with Crippen LogP contribution < -0.4 is 5.32 Å². The van der Waals surface area contributed by atoms with Gasteiger partial charge in [0.25, 0.3) is 0 Å². The van der Waals surface area contributed by atoms with Crippen molar-refractivity contribution in [1.82, 2.24) is 10.2 Å². The fourth-order valence-corrected chi connectivity index (χ4v) is 3.82. The predicted molar refractivity (Wildman–Crippen MR) is 129 cm³/mol. The zero-order chi connectivity index (χ0) is 23.8. The van der Waals surface area contributed by atoms with E-state index in [0.29, 0.717) is 18.5 Å². The Morgan fingerprint density at radius 1 is 0.879 bits per heavy atom. The third-order valence-corrected chi connectivity index (χ3v) is 5.41. The normalized spacial score (nSPS) is 11.8. The fraction of sp³-hybridized carbons (Fsp3) is 0.286. The molecule has 0 aliphatic heterocycles. The molecule has 0 fully saturated rings. The standard InChI is InChI=1S/C28H31FN2O2/c1-20(2)30-28(33)26(17-22-9-5-4-6-10-22)31(19-24-11-7-8-21(3)16-24)27(32)18-23-12-14-25(29)15-13-23/h4-16,20,26H,17-19H2,1-3H3,(H,30,33). The second kappa shape index (κ2) is 11.4. The van der Waals surface area contributed by atoms with Gasteiger partial charge in [-0.05, 0) is 49.6 Å². The molecule has 0 aliphatic rings. The highest BCUT2D eigenvalue weighted by atomic mass is 19.1. The number of amides is 2. The third kappa shape index (κ3) is 7.28. The highest BCUT2D eigenvalue weighted by molar-refractivity contribution is 5.89.